The molecule has 15 heavy (non-hydrogen) atoms. The Morgan fingerprint density at radius 1 is 1.47 bits per heavy atom. The minimum Gasteiger partial charge on any atom is -0.393 e. The van der Waals surface area contributed by atoms with Crippen LogP contribution < -0.4 is 0 Å². The molecule has 2 rings (SSSR count). The minimum absolute atomic E-state index is 0.0498. The monoisotopic (exact) mass is 208 g/mol. The van der Waals surface area contributed by atoms with Crippen molar-refractivity contribution in [3.05, 3.63) is 11.6 Å². The van der Waals surface area contributed by atoms with Gasteiger partial charge < -0.3 is 5.11 Å². The number of hydrogen-bond acceptors (Lipinski definition) is 1. The quantitative estimate of drug-likeness (QED) is 0.654. The van der Waals surface area contributed by atoms with Crippen LogP contribution in [-0.2, 0) is 0 Å². The Labute approximate surface area is 93.6 Å². The lowest BCUT2D eigenvalue weighted by Gasteiger charge is -2.47. The Kier molecular flexibility index (Phi) is 2.94. The normalized spacial score (nSPS) is 41.3. The zero-order valence-electron chi connectivity index (χ0n) is 10.3. The first-order chi connectivity index (χ1) is 7.03. The number of aliphatic hydroxyl groups excluding tert-OH is 1. The van der Waals surface area contributed by atoms with Gasteiger partial charge >= 0.3 is 0 Å². The molecule has 0 aromatic heterocycles. The Hall–Kier alpha value is -0.300. The Bertz CT molecular complexity index is 267. The van der Waals surface area contributed by atoms with Gasteiger partial charge in [0.2, 0.25) is 0 Å². The molecule has 0 heterocycles. The smallest absolute Gasteiger partial charge is 0.0576 e. The van der Waals surface area contributed by atoms with Crippen molar-refractivity contribution in [1.29, 1.82) is 0 Å². The number of fused-ring (bicyclic) bond motifs is 1. The highest BCUT2D eigenvalue weighted by Crippen LogP contribution is 2.50. The van der Waals surface area contributed by atoms with Crippen LogP contribution in [0.15, 0.2) is 11.6 Å². The van der Waals surface area contributed by atoms with Crippen molar-refractivity contribution in [2.24, 2.45) is 17.3 Å². The predicted molar refractivity (Wildman–Crippen MR) is 63.6 cm³/mol. The number of allylic oxidation sites excluding steroid dienone is 2. The van der Waals surface area contributed by atoms with E-state index >= 15 is 0 Å². The van der Waals surface area contributed by atoms with E-state index in [0.717, 1.165) is 12.8 Å². The number of aliphatic hydroxyl groups is 1. The van der Waals surface area contributed by atoms with Crippen LogP contribution in [0.3, 0.4) is 0 Å². The summed E-state index contributed by atoms with van der Waals surface area (Å²) in [5.74, 6) is 1.18. The average molecular weight is 208 g/mol. The molecule has 86 valence electrons. The second-order valence-corrected chi connectivity index (χ2v) is 6.06. The van der Waals surface area contributed by atoms with E-state index < -0.39 is 0 Å². The largest absolute Gasteiger partial charge is 0.393 e. The summed E-state index contributed by atoms with van der Waals surface area (Å²) in [4.78, 5) is 0. The Balaban J connectivity index is 2.19. The van der Waals surface area contributed by atoms with Gasteiger partial charge in [0, 0.05) is 0 Å². The lowest BCUT2D eigenvalue weighted by molar-refractivity contribution is -0.0224. The van der Waals surface area contributed by atoms with Crippen molar-refractivity contribution < 1.29 is 5.11 Å². The molecule has 1 fully saturated rings. The molecule has 2 aliphatic carbocycles. The van der Waals surface area contributed by atoms with E-state index in [2.05, 4.69) is 26.8 Å². The van der Waals surface area contributed by atoms with Crippen LogP contribution in [0.2, 0.25) is 0 Å². The second kappa shape index (κ2) is 3.93. The second-order valence-electron chi connectivity index (χ2n) is 6.06. The highest BCUT2D eigenvalue weighted by molar-refractivity contribution is 5.15. The van der Waals surface area contributed by atoms with Crippen LogP contribution in [0.4, 0.5) is 0 Å². The molecule has 0 aromatic carbocycles. The first kappa shape index (κ1) is 11.2. The zero-order valence-corrected chi connectivity index (χ0v) is 10.3. The van der Waals surface area contributed by atoms with E-state index in [9.17, 15) is 5.11 Å². The van der Waals surface area contributed by atoms with Crippen LogP contribution in [0.1, 0.15) is 52.9 Å². The molecule has 0 unspecified atom stereocenters. The molecular weight excluding hydrogens is 184 g/mol. The molecule has 1 N–H and O–H groups in total. The highest BCUT2D eigenvalue weighted by Gasteiger charge is 2.43. The van der Waals surface area contributed by atoms with Crippen LogP contribution in [0, 0.1) is 17.3 Å². The SMILES string of the molecule is CC(C)C1=CC[C@]2(C)CCC[C@@H](O)[C@H]2C1. The van der Waals surface area contributed by atoms with Gasteiger partial charge in [-0.05, 0) is 42.9 Å². The summed E-state index contributed by atoms with van der Waals surface area (Å²) in [7, 11) is 0. The number of rotatable bonds is 1. The molecule has 0 aliphatic heterocycles. The fourth-order valence-electron chi connectivity index (χ4n) is 3.37. The number of hydrogen-bond donors (Lipinski definition) is 1. The van der Waals surface area contributed by atoms with Gasteiger partial charge in [-0.15, -0.1) is 0 Å². The predicted octanol–water partition coefficient (Wildman–Crippen LogP) is 3.53. The molecule has 0 bridgehead atoms. The average Bonchev–Trinajstić information content (AvgIpc) is 2.17. The molecule has 0 saturated heterocycles. The molecule has 1 saturated carbocycles. The fraction of sp³-hybridized carbons (Fsp3) is 0.857. The summed E-state index contributed by atoms with van der Waals surface area (Å²) in [5.41, 5.74) is 1.95. The fourth-order valence-corrected chi connectivity index (χ4v) is 3.37. The minimum atomic E-state index is -0.0498. The van der Waals surface area contributed by atoms with Gasteiger partial charge in [0.25, 0.3) is 0 Å². The lowest BCUT2D eigenvalue weighted by atomic mass is 9.59. The molecular formula is C14H24O. The third-order valence-corrected chi connectivity index (χ3v) is 4.64. The van der Waals surface area contributed by atoms with Crippen molar-refractivity contribution in [1.82, 2.24) is 0 Å². The van der Waals surface area contributed by atoms with Gasteiger partial charge in [-0.25, -0.2) is 0 Å². The van der Waals surface area contributed by atoms with Crippen LogP contribution in [-0.4, -0.2) is 11.2 Å². The summed E-state index contributed by atoms with van der Waals surface area (Å²) in [6.45, 7) is 6.90. The first-order valence-corrected chi connectivity index (χ1v) is 6.40. The van der Waals surface area contributed by atoms with Gasteiger partial charge in [-0.1, -0.05) is 38.8 Å². The standard InChI is InChI=1S/C14H24O/c1-10(2)11-6-8-14(3)7-4-5-13(15)12(14)9-11/h6,10,12-13,15H,4-5,7-9H2,1-3H3/t12-,13-,14+/m1/s1. The summed E-state index contributed by atoms with van der Waals surface area (Å²) in [6.07, 6.45) is 8.24. The van der Waals surface area contributed by atoms with E-state index in [0.29, 0.717) is 17.3 Å². The van der Waals surface area contributed by atoms with Gasteiger partial charge in [0.05, 0.1) is 6.10 Å². The third kappa shape index (κ3) is 1.99. The maximum Gasteiger partial charge on any atom is 0.0576 e. The highest BCUT2D eigenvalue weighted by atomic mass is 16.3. The molecule has 0 spiro atoms. The maximum atomic E-state index is 10.1. The zero-order chi connectivity index (χ0) is 11.1. The van der Waals surface area contributed by atoms with Crippen molar-refractivity contribution in [2.75, 3.05) is 0 Å². The van der Waals surface area contributed by atoms with Crippen LogP contribution in [0.25, 0.3) is 0 Å². The van der Waals surface area contributed by atoms with E-state index in [1.807, 2.05) is 0 Å². The van der Waals surface area contributed by atoms with E-state index in [1.54, 1.807) is 5.57 Å². The van der Waals surface area contributed by atoms with Crippen molar-refractivity contribution in [2.45, 2.75) is 59.0 Å². The van der Waals surface area contributed by atoms with Crippen molar-refractivity contribution >= 4 is 0 Å². The van der Waals surface area contributed by atoms with Crippen LogP contribution in [0.5, 0.6) is 0 Å². The lowest BCUT2D eigenvalue weighted by Crippen LogP contribution is -2.42. The van der Waals surface area contributed by atoms with E-state index in [1.165, 1.54) is 19.3 Å². The van der Waals surface area contributed by atoms with Gasteiger partial charge in [0.1, 0.15) is 0 Å². The van der Waals surface area contributed by atoms with Gasteiger partial charge in [-0.3, -0.25) is 0 Å². The Morgan fingerprint density at radius 2 is 2.20 bits per heavy atom. The summed E-state index contributed by atoms with van der Waals surface area (Å²) < 4.78 is 0. The van der Waals surface area contributed by atoms with Crippen LogP contribution >= 0.6 is 0 Å². The molecule has 1 heteroatoms. The topological polar surface area (TPSA) is 20.2 Å². The van der Waals surface area contributed by atoms with E-state index in [4.69, 9.17) is 0 Å². The summed E-state index contributed by atoms with van der Waals surface area (Å²) in [5, 5.41) is 10.1. The third-order valence-electron chi connectivity index (χ3n) is 4.64. The molecule has 0 amide bonds. The maximum absolute atomic E-state index is 10.1. The molecule has 1 nitrogen and oxygen atoms in total. The summed E-state index contributed by atoms with van der Waals surface area (Å²) >= 11 is 0. The Morgan fingerprint density at radius 3 is 2.87 bits per heavy atom. The van der Waals surface area contributed by atoms with Gasteiger partial charge in [-0.2, -0.15) is 0 Å². The summed E-state index contributed by atoms with van der Waals surface area (Å²) in [6, 6.07) is 0. The first-order valence-electron chi connectivity index (χ1n) is 6.40. The molecule has 3 atom stereocenters. The van der Waals surface area contributed by atoms with E-state index in [-0.39, 0.29) is 6.10 Å². The van der Waals surface area contributed by atoms with Gasteiger partial charge in [0.15, 0.2) is 0 Å². The van der Waals surface area contributed by atoms with Crippen molar-refractivity contribution in [3.8, 4) is 0 Å². The molecule has 2 aliphatic rings. The molecule has 0 radical (unpaired) electrons. The van der Waals surface area contributed by atoms with Crippen molar-refractivity contribution in [3.63, 3.8) is 0 Å². The molecule has 0 aromatic rings.